The molecule has 5 nitrogen and oxygen atoms in total. The van der Waals surface area contributed by atoms with Gasteiger partial charge in [-0.2, -0.15) is 0 Å². The average molecular weight is 402 g/mol. The predicted molar refractivity (Wildman–Crippen MR) is 118 cm³/mol. The zero-order valence-corrected chi connectivity index (χ0v) is 17.6. The lowest BCUT2D eigenvalue weighted by atomic mass is 10.1. The fraction of sp³-hybridized carbons (Fsp3) is 0.435. The number of amides is 1. The molecule has 2 aromatic carbocycles. The summed E-state index contributed by atoms with van der Waals surface area (Å²) >= 11 is 0. The van der Waals surface area contributed by atoms with Gasteiger partial charge in [-0.3, -0.25) is 4.79 Å². The molecule has 29 heavy (non-hydrogen) atoms. The molecule has 0 spiro atoms. The van der Waals surface area contributed by atoms with Crippen LogP contribution < -0.4 is 19.9 Å². The normalized spacial score (nSPS) is 16.3. The number of carbonyl (C=O) groups excluding carboxylic acids is 1. The van der Waals surface area contributed by atoms with Gasteiger partial charge in [-0.05, 0) is 61.9 Å². The van der Waals surface area contributed by atoms with E-state index in [0.717, 1.165) is 25.3 Å². The molecule has 158 valence electrons. The molecule has 1 amide bonds. The Hall–Kier alpha value is -2.60. The van der Waals surface area contributed by atoms with Crippen LogP contribution in [0.15, 0.2) is 42.5 Å². The Balaban J connectivity index is 0.00000320. The molecule has 6 heteroatoms. The second-order valence-corrected chi connectivity index (χ2v) is 7.95. The third-order valence-electron chi connectivity index (χ3n) is 5.24. The first-order chi connectivity index (χ1) is 13.9. The van der Waals surface area contributed by atoms with Crippen molar-refractivity contribution in [1.82, 2.24) is 5.32 Å². The molecular weight excluding hydrogens is 369 g/mol. The standard InChI is InChI=1S/C23H30FN3O2.H2/c1-16(2)15-29-20-8-5-17(6-9-20)23(28)26(4)19-7-10-22(21(24)13-19)27-12-11-18(14-27)25-3;/h5-10,13,16,18,25H,11-12,14-15H2,1-4H3;1H. The molecule has 0 saturated carbocycles. The van der Waals surface area contributed by atoms with Crippen LogP contribution in [0, 0.1) is 11.7 Å². The lowest BCUT2D eigenvalue weighted by Gasteiger charge is -2.22. The molecule has 1 atom stereocenters. The number of benzene rings is 2. The number of rotatable bonds is 7. The lowest BCUT2D eigenvalue weighted by Crippen LogP contribution is -2.30. The number of hydrogen-bond acceptors (Lipinski definition) is 4. The third kappa shape index (κ3) is 5.07. The fourth-order valence-corrected chi connectivity index (χ4v) is 3.44. The molecule has 2 aromatic rings. The van der Waals surface area contributed by atoms with Crippen molar-refractivity contribution in [3.8, 4) is 5.75 Å². The van der Waals surface area contributed by atoms with Gasteiger partial charge in [0.05, 0.1) is 12.3 Å². The fourth-order valence-electron chi connectivity index (χ4n) is 3.44. The molecule has 1 aliphatic heterocycles. The van der Waals surface area contributed by atoms with E-state index in [2.05, 4.69) is 19.2 Å². The monoisotopic (exact) mass is 401 g/mol. The maximum absolute atomic E-state index is 14.7. The molecule has 1 N–H and O–H groups in total. The van der Waals surface area contributed by atoms with Crippen LogP contribution in [0.4, 0.5) is 15.8 Å². The topological polar surface area (TPSA) is 44.8 Å². The molecule has 0 radical (unpaired) electrons. The minimum atomic E-state index is -0.309. The van der Waals surface area contributed by atoms with Gasteiger partial charge < -0.3 is 19.9 Å². The van der Waals surface area contributed by atoms with Crippen molar-refractivity contribution in [1.29, 1.82) is 0 Å². The number of carbonyl (C=O) groups is 1. The summed E-state index contributed by atoms with van der Waals surface area (Å²) in [5.41, 5.74) is 1.64. The van der Waals surface area contributed by atoms with Crippen molar-refractivity contribution in [2.75, 3.05) is 43.6 Å². The lowest BCUT2D eigenvalue weighted by molar-refractivity contribution is 0.0993. The van der Waals surface area contributed by atoms with Crippen LogP contribution in [0.2, 0.25) is 0 Å². The highest BCUT2D eigenvalue weighted by Crippen LogP contribution is 2.28. The van der Waals surface area contributed by atoms with Gasteiger partial charge in [-0.1, -0.05) is 13.8 Å². The Bertz CT molecular complexity index is 845. The Kier molecular flexibility index (Phi) is 6.75. The first kappa shape index (κ1) is 21.1. The van der Waals surface area contributed by atoms with E-state index in [1.54, 1.807) is 43.4 Å². The van der Waals surface area contributed by atoms with Crippen LogP contribution in [0.25, 0.3) is 0 Å². The molecule has 1 unspecified atom stereocenters. The van der Waals surface area contributed by atoms with Gasteiger partial charge in [0.2, 0.25) is 0 Å². The van der Waals surface area contributed by atoms with E-state index in [4.69, 9.17) is 4.74 Å². The van der Waals surface area contributed by atoms with Gasteiger partial charge in [0.15, 0.2) is 0 Å². The summed E-state index contributed by atoms with van der Waals surface area (Å²) < 4.78 is 20.4. The summed E-state index contributed by atoms with van der Waals surface area (Å²) in [6.45, 7) is 6.40. The van der Waals surface area contributed by atoms with Crippen LogP contribution in [-0.4, -0.2) is 45.7 Å². The van der Waals surface area contributed by atoms with Gasteiger partial charge in [0.1, 0.15) is 11.6 Å². The Morgan fingerprint density at radius 1 is 1.31 bits per heavy atom. The van der Waals surface area contributed by atoms with Crippen LogP contribution in [0.5, 0.6) is 5.75 Å². The largest absolute Gasteiger partial charge is 0.493 e. The summed E-state index contributed by atoms with van der Waals surface area (Å²) in [6.07, 6.45) is 0.993. The SMILES string of the molecule is CNC1CCN(c2ccc(N(C)C(=O)c3ccc(OCC(C)C)cc3)cc2F)C1.[HH]. The molecule has 1 fully saturated rings. The van der Waals surface area contributed by atoms with E-state index in [9.17, 15) is 9.18 Å². The molecule has 1 heterocycles. The van der Waals surface area contributed by atoms with E-state index >= 15 is 0 Å². The van der Waals surface area contributed by atoms with E-state index < -0.39 is 0 Å². The van der Waals surface area contributed by atoms with Crippen molar-refractivity contribution in [2.45, 2.75) is 26.3 Å². The van der Waals surface area contributed by atoms with Crippen molar-refractivity contribution >= 4 is 17.3 Å². The minimum Gasteiger partial charge on any atom is -0.493 e. The highest BCUT2D eigenvalue weighted by Gasteiger charge is 2.24. The zero-order valence-electron chi connectivity index (χ0n) is 17.6. The number of hydrogen-bond donors (Lipinski definition) is 1. The molecule has 0 aromatic heterocycles. The van der Waals surface area contributed by atoms with Crippen molar-refractivity contribution in [3.05, 3.63) is 53.8 Å². The first-order valence-electron chi connectivity index (χ1n) is 10.1. The molecule has 0 aliphatic carbocycles. The zero-order chi connectivity index (χ0) is 21.0. The quantitative estimate of drug-likeness (QED) is 0.756. The number of likely N-dealkylation sites (N-methyl/N-ethyl adjacent to an activating group) is 1. The summed E-state index contributed by atoms with van der Waals surface area (Å²) in [6, 6.07) is 12.4. The molecule has 1 aliphatic rings. The second-order valence-electron chi connectivity index (χ2n) is 7.95. The van der Waals surface area contributed by atoms with Crippen molar-refractivity contribution in [2.24, 2.45) is 5.92 Å². The van der Waals surface area contributed by atoms with Gasteiger partial charge in [-0.15, -0.1) is 0 Å². The van der Waals surface area contributed by atoms with Gasteiger partial charge >= 0.3 is 0 Å². The maximum atomic E-state index is 14.7. The Labute approximate surface area is 173 Å². The maximum Gasteiger partial charge on any atom is 0.258 e. The number of nitrogens with one attached hydrogen (secondary N) is 1. The summed E-state index contributed by atoms with van der Waals surface area (Å²) in [5, 5.41) is 3.24. The van der Waals surface area contributed by atoms with Crippen LogP contribution >= 0.6 is 0 Å². The highest BCUT2D eigenvalue weighted by atomic mass is 19.1. The Morgan fingerprint density at radius 3 is 2.62 bits per heavy atom. The summed E-state index contributed by atoms with van der Waals surface area (Å²) in [4.78, 5) is 16.3. The first-order valence-corrected chi connectivity index (χ1v) is 10.1. The molecule has 3 rings (SSSR count). The number of nitrogens with zero attached hydrogens (tertiary/aromatic N) is 2. The van der Waals surface area contributed by atoms with E-state index in [1.165, 1.54) is 11.0 Å². The molecular formula is C23H32FN3O2. The summed E-state index contributed by atoms with van der Waals surface area (Å²) in [7, 11) is 3.59. The smallest absolute Gasteiger partial charge is 0.258 e. The number of anilines is 2. The second kappa shape index (κ2) is 9.27. The van der Waals surface area contributed by atoms with E-state index in [0.29, 0.717) is 35.5 Å². The number of ether oxygens (including phenoxy) is 1. The van der Waals surface area contributed by atoms with Crippen molar-refractivity contribution < 1.29 is 15.3 Å². The van der Waals surface area contributed by atoms with Crippen LogP contribution in [-0.2, 0) is 0 Å². The third-order valence-corrected chi connectivity index (χ3v) is 5.24. The van der Waals surface area contributed by atoms with E-state index in [-0.39, 0.29) is 13.2 Å². The highest BCUT2D eigenvalue weighted by molar-refractivity contribution is 6.05. The van der Waals surface area contributed by atoms with Gasteiger partial charge in [0.25, 0.3) is 5.91 Å². The predicted octanol–water partition coefficient (Wildman–Crippen LogP) is 4.18. The van der Waals surface area contributed by atoms with Gasteiger partial charge in [-0.25, -0.2) is 4.39 Å². The molecule has 1 saturated heterocycles. The average Bonchev–Trinajstić information content (AvgIpc) is 3.20. The van der Waals surface area contributed by atoms with Crippen LogP contribution in [0.1, 0.15) is 32.1 Å². The van der Waals surface area contributed by atoms with Crippen LogP contribution in [0.3, 0.4) is 0 Å². The van der Waals surface area contributed by atoms with E-state index in [1.807, 2.05) is 11.9 Å². The number of halogens is 1. The summed E-state index contributed by atoms with van der Waals surface area (Å²) in [5.74, 6) is 0.670. The van der Waals surface area contributed by atoms with Crippen molar-refractivity contribution in [3.63, 3.8) is 0 Å². The van der Waals surface area contributed by atoms with Gasteiger partial charge in [0, 0.05) is 38.9 Å². The Morgan fingerprint density at radius 2 is 2.03 bits per heavy atom. The minimum absolute atomic E-state index is 0. The molecule has 0 bridgehead atoms.